The maximum absolute atomic E-state index is 13.2. The summed E-state index contributed by atoms with van der Waals surface area (Å²) in [6, 6.07) is 2.25. The second kappa shape index (κ2) is 20.0. The van der Waals surface area contributed by atoms with E-state index < -0.39 is 46.5 Å². The summed E-state index contributed by atoms with van der Waals surface area (Å²) in [4.78, 5) is 52.5. The van der Waals surface area contributed by atoms with Crippen molar-refractivity contribution in [2.75, 3.05) is 13.2 Å². The molecule has 0 radical (unpaired) electrons. The molecule has 2 atom stereocenters. The molecule has 0 heterocycles. The van der Waals surface area contributed by atoms with E-state index >= 15 is 0 Å². The zero-order chi connectivity index (χ0) is 36.3. The Morgan fingerprint density at radius 2 is 0.896 bits per heavy atom. The van der Waals surface area contributed by atoms with Crippen LogP contribution in [-0.4, -0.2) is 37.1 Å². The van der Waals surface area contributed by atoms with Crippen LogP contribution in [0.5, 0.6) is 11.5 Å². The molecule has 0 aromatic heterocycles. The second-order valence-electron chi connectivity index (χ2n) is 12.2. The first-order chi connectivity index (χ1) is 22.5. The van der Waals surface area contributed by atoms with Crippen molar-refractivity contribution in [3.63, 3.8) is 0 Å². The average Bonchev–Trinajstić information content (AvgIpc) is 3.02. The molecule has 0 fully saturated rings. The first-order valence-corrected chi connectivity index (χ1v) is 17.9. The Hall–Kier alpha value is -1.94. The maximum Gasteiger partial charge on any atom is 0.423 e. The molecular formula is C34H40Cl6O8. The van der Waals surface area contributed by atoms with E-state index in [9.17, 15) is 19.2 Å². The van der Waals surface area contributed by atoms with Crippen LogP contribution in [0.4, 0.5) is 0 Å². The first kappa shape index (κ1) is 42.2. The van der Waals surface area contributed by atoms with Gasteiger partial charge in [0.1, 0.15) is 11.1 Å². The Labute approximate surface area is 311 Å². The van der Waals surface area contributed by atoms with E-state index in [0.717, 1.165) is 50.7 Å². The van der Waals surface area contributed by atoms with Gasteiger partial charge in [-0.05, 0) is 48.6 Å². The summed E-state index contributed by atoms with van der Waals surface area (Å²) in [5.41, 5.74) is -0.928. The number of hydrogen-bond donors (Lipinski definition) is 0. The normalized spacial score (nSPS) is 12.5. The molecule has 0 amide bonds. The van der Waals surface area contributed by atoms with Gasteiger partial charge >= 0.3 is 23.9 Å². The van der Waals surface area contributed by atoms with Gasteiger partial charge in [0, 0.05) is 0 Å². The number of carbonyl (C=O) groups is 4. The molecule has 266 valence electrons. The predicted octanol–water partition coefficient (Wildman–Crippen LogP) is 11.4. The lowest BCUT2D eigenvalue weighted by Gasteiger charge is -2.18. The fraction of sp³-hybridized carbons (Fsp3) is 0.529. The van der Waals surface area contributed by atoms with Crippen molar-refractivity contribution in [2.24, 2.45) is 23.7 Å². The van der Waals surface area contributed by atoms with E-state index in [1.54, 1.807) is 0 Å². The maximum atomic E-state index is 13.2. The van der Waals surface area contributed by atoms with Gasteiger partial charge in [0.15, 0.2) is 11.5 Å². The number of rotatable bonds is 16. The standard InChI is InChI=1S/C34H40Cl6O8/c1-7-19(11-9-17(3)4)15-45-31(41)25-27(39)21(35)13-23(37)29(25)47-33(43)34(44)48-30-24(38)14-22(36)28(40)26(30)32(42)46-16-20(8-2)12-10-18(5)6/h13-14,17-20H,7-12,15-16H2,1-6H3. The number of ether oxygens (including phenoxy) is 4. The Balaban J connectivity index is 2.33. The van der Waals surface area contributed by atoms with Crippen LogP contribution in [0.3, 0.4) is 0 Å². The van der Waals surface area contributed by atoms with Gasteiger partial charge in [-0.2, -0.15) is 0 Å². The van der Waals surface area contributed by atoms with Crippen LogP contribution in [-0.2, 0) is 19.1 Å². The molecule has 2 rings (SSSR count). The van der Waals surface area contributed by atoms with E-state index in [4.69, 9.17) is 88.6 Å². The van der Waals surface area contributed by atoms with Crippen molar-refractivity contribution in [3.05, 3.63) is 53.4 Å². The lowest BCUT2D eigenvalue weighted by atomic mass is 9.96. The molecule has 0 spiro atoms. The minimum Gasteiger partial charge on any atom is -0.462 e. The fourth-order valence-electron chi connectivity index (χ4n) is 4.47. The Kier molecular flexibility index (Phi) is 17.6. The van der Waals surface area contributed by atoms with E-state index in [0.29, 0.717) is 11.8 Å². The predicted molar refractivity (Wildman–Crippen MR) is 190 cm³/mol. The molecule has 2 aromatic carbocycles. The van der Waals surface area contributed by atoms with Crippen molar-refractivity contribution < 1.29 is 38.1 Å². The van der Waals surface area contributed by atoms with Crippen molar-refractivity contribution in [1.29, 1.82) is 0 Å². The number of carbonyl (C=O) groups excluding carboxylic acids is 4. The second-order valence-corrected chi connectivity index (χ2v) is 14.6. The topological polar surface area (TPSA) is 105 Å². The van der Waals surface area contributed by atoms with Crippen LogP contribution in [0.25, 0.3) is 0 Å². The van der Waals surface area contributed by atoms with E-state index in [-0.39, 0.29) is 55.2 Å². The summed E-state index contributed by atoms with van der Waals surface area (Å²) >= 11 is 37.5. The summed E-state index contributed by atoms with van der Waals surface area (Å²) in [5, 5.41) is -1.50. The minimum absolute atomic E-state index is 0.0589. The van der Waals surface area contributed by atoms with Crippen LogP contribution in [0.15, 0.2) is 12.1 Å². The van der Waals surface area contributed by atoms with E-state index in [1.165, 1.54) is 0 Å². The molecule has 0 saturated heterocycles. The number of hydrogen-bond acceptors (Lipinski definition) is 8. The van der Waals surface area contributed by atoms with Crippen molar-refractivity contribution in [2.45, 2.75) is 80.1 Å². The largest absolute Gasteiger partial charge is 0.462 e. The lowest BCUT2D eigenvalue weighted by molar-refractivity contribution is -0.156. The highest BCUT2D eigenvalue weighted by atomic mass is 35.5. The molecule has 2 aromatic rings. The van der Waals surface area contributed by atoms with Crippen LogP contribution >= 0.6 is 69.6 Å². The van der Waals surface area contributed by atoms with Crippen molar-refractivity contribution in [3.8, 4) is 11.5 Å². The Morgan fingerprint density at radius 3 is 1.19 bits per heavy atom. The van der Waals surface area contributed by atoms with Gasteiger partial charge in [0.05, 0.1) is 43.3 Å². The monoisotopic (exact) mass is 786 g/mol. The van der Waals surface area contributed by atoms with Crippen LogP contribution < -0.4 is 9.47 Å². The van der Waals surface area contributed by atoms with Crippen molar-refractivity contribution >= 4 is 93.5 Å². The molecule has 0 aliphatic heterocycles. The van der Waals surface area contributed by atoms with Gasteiger partial charge in [-0.25, -0.2) is 19.2 Å². The highest BCUT2D eigenvalue weighted by Crippen LogP contribution is 2.42. The summed E-state index contributed by atoms with van der Waals surface area (Å²) in [6.07, 6.45) is 5.02. The highest BCUT2D eigenvalue weighted by Gasteiger charge is 2.32. The molecule has 0 saturated carbocycles. The van der Waals surface area contributed by atoms with Crippen LogP contribution in [0.2, 0.25) is 30.1 Å². The molecule has 0 N–H and O–H groups in total. The third-order valence-corrected chi connectivity index (χ3v) is 9.71. The molecule has 0 aliphatic rings. The quantitative estimate of drug-likeness (QED) is 0.0716. The van der Waals surface area contributed by atoms with Crippen LogP contribution in [0.1, 0.15) is 101 Å². The number of esters is 4. The summed E-state index contributed by atoms with van der Waals surface area (Å²) < 4.78 is 21.4. The summed E-state index contributed by atoms with van der Waals surface area (Å²) in [7, 11) is 0. The summed E-state index contributed by atoms with van der Waals surface area (Å²) in [5.74, 6) is -5.33. The molecule has 14 heteroatoms. The SMILES string of the molecule is CCC(CCC(C)C)COC(=O)c1c(Cl)c(Cl)cc(Cl)c1OC(=O)C(=O)Oc1c(Cl)cc(Cl)c(Cl)c1C(=O)OCC(CC)CCC(C)C. The van der Waals surface area contributed by atoms with Crippen LogP contribution in [0, 0.1) is 23.7 Å². The van der Waals surface area contributed by atoms with Gasteiger partial charge in [0.25, 0.3) is 0 Å². The molecule has 2 unspecified atom stereocenters. The van der Waals surface area contributed by atoms with E-state index in [1.807, 2.05) is 13.8 Å². The van der Waals surface area contributed by atoms with Gasteiger partial charge in [-0.15, -0.1) is 0 Å². The summed E-state index contributed by atoms with van der Waals surface area (Å²) in [6.45, 7) is 12.4. The highest BCUT2D eigenvalue weighted by molar-refractivity contribution is 6.47. The number of benzene rings is 2. The molecule has 8 nitrogen and oxygen atoms in total. The third kappa shape index (κ3) is 12.1. The minimum atomic E-state index is -1.64. The molecule has 0 bridgehead atoms. The molecule has 48 heavy (non-hydrogen) atoms. The average molecular weight is 789 g/mol. The smallest absolute Gasteiger partial charge is 0.423 e. The zero-order valence-electron chi connectivity index (χ0n) is 27.7. The number of halogens is 6. The van der Waals surface area contributed by atoms with E-state index in [2.05, 4.69) is 27.7 Å². The zero-order valence-corrected chi connectivity index (χ0v) is 32.2. The van der Waals surface area contributed by atoms with Gasteiger partial charge < -0.3 is 18.9 Å². The Bertz CT molecular complexity index is 1370. The first-order valence-electron chi connectivity index (χ1n) is 15.6. The third-order valence-electron chi connectivity index (χ3n) is 7.58. The van der Waals surface area contributed by atoms with Crippen molar-refractivity contribution in [1.82, 2.24) is 0 Å². The lowest BCUT2D eigenvalue weighted by Crippen LogP contribution is -2.27. The fourth-order valence-corrected chi connectivity index (χ4v) is 5.91. The molecular weight excluding hydrogens is 749 g/mol. The van der Waals surface area contributed by atoms with Gasteiger partial charge in [0.2, 0.25) is 0 Å². The van der Waals surface area contributed by atoms with Gasteiger partial charge in [-0.1, -0.05) is 137 Å². The van der Waals surface area contributed by atoms with Gasteiger partial charge in [-0.3, -0.25) is 0 Å². The molecule has 0 aliphatic carbocycles. The Morgan fingerprint density at radius 1 is 0.562 bits per heavy atom.